The summed E-state index contributed by atoms with van der Waals surface area (Å²) in [7, 11) is 0.682. The summed E-state index contributed by atoms with van der Waals surface area (Å²) < 4.78 is 90.0. The summed E-state index contributed by atoms with van der Waals surface area (Å²) in [6.07, 6.45) is -7.48. The van der Waals surface area contributed by atoms with Gasteiger partial charge in [-0.05, 0) is 11.6 Å². The predicted octanol–water partition coefficient (Wildman–Crippen LogP) is 1.70. The molecule has 0 bridgehead atoms. The molecule has 0 aromatic heterocycles. The number of carbonyl (C=O) groups is 2. The molecule has 0 saturated heterocycles. The van der Waals surface area contributed by atoms with Gasteiger partial charge in [-0.3, -0.25) is 14.9 Å². The molecule has 2 N–H and O–H groups in total. The van der Waals surface area contributed by atoms with Crippen molar-refractivity contribution in [3.8, 4) is 5.75 Å². The highest BCUT2D eigenvalue weighted by Crippen LogP contribution is 2.35. The molecule has 0 heterocycles. The minimum atomic E-state index is -6.30. The number of nitrogens with one attached hydrogen (secondary N) is 1. The van der Waals surface area contributed by atoms with E-state index in [0.717, 1.165) is 5.32 Å². The standard InChI is InChI=1S/C13H11F5N2O6/c1-26-10(22)7(19-11(23)12(14,15)13(16,17)18)4-6-2-3-9(21)8(5-6)20(24)25/h2-3,5,7,21H,4H2,1H3,(H,19,23)/t7-/m0/s1/i2D,3D,5D. The lowest BCUT2D eigenvalue weighted by atomic mass is 10.0. The minimum absolute atomic E-state index is 0.682. The van der Waals surface area contributed by atoms with Crippen LogP contribution in [0.5, 0.6) is 5.75 Å². The number of benzene rings is 1. The number of ether oxygens (including phenoxy) is 1. The average Bonchev–Trinajstić information content (AvgIpc) is 2.60. The number of alkyl halides is 5. The van der Waals surface area contributed by atoms with E-state index >= 15 is 0 Å². The number of hydrogen-bond donors (Lipinski definition) is 2. The van der Waals surface area contributed by atoms with Crippen LogP contribution in [0.25, 0.3) is 0 Å². The van der Waals surface area contributed by atoms with E-state index in [1.165, 1.54) is 0 Å². The first-order valence-electron chi connectivity index (χ1n) is 7.87. The molecular weight excluding hydrogens is 375 g/mol. The van der Waals surface area contributed by atoms with Crippen LogP contribution < -0.4 is 5.32 Å². The molecule has 0 radical (unpaired) electrons. The molecule has 0 saturated carbocycles. The molecular formula is C13H11F5N2O6. The van der Waals surface area contributed by atoms with Crippen molar-refractivity contribution in [1.29, 1.82) is 0 Å². The molecule has 0 fully saturated rings. The van der Waals surface area contributed by atoms with Crippen LogP contribution in [-0.4, -0.2) is 47.2 Å². The Morgan fingerprint density at radius 2 is 1.96 bits per heavy atom. The van der Waals surface area contributed by atoms with Crippen molar-refractivity contribution >= 4 is 17.6 Å². The Morgan fingerprint density at radius 1 is 1.38 bits per heavy atom. The van der Waals surface area contributed by atoms with Crippen LogP contribution in [-0.2, 0) is 20.7 Å². The van der Waals surface area contributed by atoms with Gasteiger partial charge < -0.3 is 15.2 Å². The molecule has 0 unspecified atom stereocenters. The fourth-order valence-corrected chi connectivity index (χ4v) is 1.58. The van der Waals surface area contributed by atoms with Gasteiger partial charge in [0.2, 0.25) is 0 Å². The number of rotatable bonds is 6. The van der Waals surface area contributed by atoms with E-state index in [0.29, 0.717) is 7.11 Å². The Labute approximate surface area is 145 Å². The zero-order chi connectivity index (χ0) is 22.9. The Morgan fingerprint density at radius 3 is 2.42 bits per heavy atom. The molecule has 1 aromatic rings. The average molecular weight is 389 g/mol. The predicted molar refractivity (Wildman–Crippen MR) is 73.4 cm³/mol. The van der Waals surface area contributed by atoms with Crippen LogP contribution in [0.2, 0.25) is 0 Å². The number of carbonyl (C=O) groups excluding carboxylic acids is 2. The van der Waals surface area contributed by atoms with Crippen LogP contribution in [0.1, 0.15) is 9.68 Å². The molecule has 1 rings (SSSR count). The lowest BCUT2D eigenvalue weighted by Gasteiger charge is -2.22. The molecule has 0 aliphatic heterocycles. The van der Waals surface area contributed by atoms with E-state index < -0.39 is 76.5 Å². The van der Waals surface area contributed by atoms with E-state index in [-0.39, 0.29) is 0 Å². The zero-order valence-electron chi connectivity index (χ0n) is 15.6. The highest BCUT2D eigenvalue weighted by molar-refractivity contribution is 5.89. The monoisotopic (exact) mass is 389 g/mol. The van der Waals surface area contributed by atoms with E-state index in [2.05, 4.69) is 4.74 Å². The molecule has 0 aliphatic carbocycles. The SMILES string of the molecule is [2H]c1c([2H])c(C[C@H](NC(=O)C(F)(F)C(F)(F)F)C(=O)OC)c([2H])c([N+](=O)[O-])c1O. The normalized spacial score (nSPS) is 14.6. The number of methoxy groups -OCH3 is 1. The van der Waals surface area contributed by atoms with E-state index in [9.17, 15) is 46.8 Å². The summed E-state index contributed by atoms with van der Waals surface area (Å²) >= 11 is 0. The first-order valence-corrected chi connectivity index (χ1v) is 6.37. The number of halogens is 5. The van der Waals surface area contributed by atoms with Crippen LogP contribution in [0, 0.1) is 10.1 Å². The van der Waals surface area contributed by atoms with Crippen LogP contribution in [0.3, 0.4) is 0 Å². The third-order valence-electron chi connectivity index (χ3n) is 2.85. The van der Waals surface area contributed by atoms with Gasteiger partial charge in [0, 0.05) is 12.5 Å². The quantitative estimate of drug-likeness (QED) is 0.331. The number of nitro groups is 1. The number of phenols is 1. The molecule has 144 valence electrons. The fraction of sp³-hybridized carbons (Fsp3) is 0.385. The molecule has 1 atom stereocenters. The lowest BCUT2D eigenvalue weighted by molar-refractivity contribution is -0.385. The maximum Gasteiger partial charge on any atom is 0.463 e. The third kappa shape index (κ3) is 4.55. The van der Waals surface area contributed by atoms with Crippen LogP contribution in [0.15, 0.2) is 18.1 Å². The van der Waals surface area contributed by atoms with Crippen molar-refractivity contribution in [2.24, 2.45) is 0 Å². The molecule has 13 heteroatoms. The molecule has 8 nitrogen and oxygen atoms in total. The smallest absolute Gasteiger partial charge is 0.463 e. The highest BCUT2D eigenvalue weighted by atomic mass is 19.4. The summed E-state index contributed by atoms with van der Waals surface area (Å²) in [5.74, 6) is -11.8. The van der Waals surface area contributed by atoms with Crippen molar-refractivity contribution in [2.45, 2.75) is 24.6 Å². The summed E-state index contributed by atoms with van der Waals surface area (Å²) in [4.78, 5) is 32.7. The molecule has 0 spiro atoms. The topological polar surface area (TPSA) is 119 Å². The van der Waals surface area contributed by atoms with Crippen LogP contribution >= 0.6 is 0 Å². The minimum Gasteiger partial charge on any atom is -0.502 e. The number of amides is 1. The first-order chi connectivity index (χ1) is 13.1. The zero-order valence-corrected chi connectivity index (χ0v) is 12.6. The maximum absolute atomic E-state index is 13.1. The Hall–Kier alpha value is -2.99. The van der Waals surface area contributed by atoms with Gasteiger partial charge in [-0.15, -0.1) is 0 Å². The van der Waals surface area contributed by atoms with Gasteiger partial charge in [-0.25, -0.2) is 4.79 Å². The molecule has 26 heavy (non-hydrogen) atoms. The summed E-state index contributed by atoms with van der Waals surface area (Å²) in [6, 6.07) is -5.75. The third-order valence-corrected chi connectivity index (χ3v) is 2.85. The van der Waals surface area contributed by atoms with Gasteiger partial charge in [0.05, 0.1) is 16.1 Å². The van der Waals surface area contributed by atoms with Crippen LogP contribution in [0.4, 0.5) is 27.6 Å². The number of phenolic OH excluding ortho intramolecular Hbond substituents is 1. The van der Waals surface area contributed by atoms with Crippen molar-refractivity contribution in [2.75, 3.05) is 7.11 Å². The summed E-state index contributed by atoms with van der Waals surface area (Å²) in [5.41, 5.74) is -2.22. The lowest BCUT2D eigenvalue weighted by Crippen LogP contribution is -2.55. The largest absolute Gasteiger partial charge is 0.502 e. The Balaban J connectivity index is 3.44. The van der Waals surface area contributed by atoms with Crippen molar-refractivity contribution in [3.63, 3.8) is 0 Å². The summed E-state index contributed by atoms with van der Waals surface area (Å²) in [5, 5.41) is 21.5. The molecule has 1 aromatic carbocycles. The number of nitrogens with zero attached hydrogens (tertiary/aromatic N) is 1. The van der Waals surface area contributed by atoms with E-state index in [1.54, 1.807) is 0 Å². The second kappa shape index (κ2) is 7.49. The van der Waals surface area contributed by atoms with Gasteiger partial charge in [0.15, 0.2) is 5.75 Å². The number of nitro benzene ring substituents is 1. The highest BCUT2D eigenvalue weighted by Gasteiger charge is 2.63. The van der Waals surface area contributed by atoms with Gasteiger partial charge in [0.1, 0.15) is 6.04 Å². The van der Waals surface area contributed by atoms with Gasteiger partial charge in [0.25, 0.3) is 0 Å². The second-order valence-electron chi connectivity index (χ2n) is 4.63. The molecule has 0 aliphatic rings. The second-order valence-corrected chi connectivity index (χ2v) is 4.63. The first kappa shape index (κ1) is 16.5. The molecule has 1 amide bonds. The Bertz CT molecular complexity index is 865. The van der Waals surface area contributed by atoms with Gasteiger partial charge >= 0.3 is 29.7 Å². The van der Waals surface area contributed by atoms with Gasteiger partial charge in [-0.1, -0.05) is 6.04 Å². The van der Waals surface area contributed by atoms with E-state index in [4.69, 9.17) is 4.11 Å². The van der Waals surface area contributed by atoms with Crippen molar-refractivity contribution < 1.29 is 50.4 Å². The number of esters is 1. The number of hydrogen-bond acceptors (Lipinski definition) is 6. The fourth-order valence-electron chi connectivity index (χ4n) is 1.58. The van der Waals surface area contributed by atoms with Crippen molar-refractivity contribution in [1.82, 2.24) is 5.32 Å². The van der Waals surface area contributed by atoms with Crippen molar-refractivity contribution in [3.05, 3.63) is 33.8 Å². The van der Waals surface area contributed by atoms with Gasteiger partial charge in [-0.2, -0.15) is 22.0 Å². The maximum atomic E-state index is 13.1. The van der Waals surface area contributed by atoms with E-state index in [1.807, 2.05) is 0 Å². The number of aromatic hydroxyl groups is 1. The Kier molecular flexibility index (Phi) is 4.75. The summed E-state index contributed by atoms with van der Waals surface area (Å²) in [6.45, 7) is 0.